The molecule has 0 nitrogen and oxygen atoms in total. The van der Waals surface area contributed by atoms with Crippen LogP contribution in [0.4, 0.5) is 13.2 Å². The molecule has 2 aromatic carbocycles. The van der Waals surface area contributed by atoms with E-state index in [4.69, 9.17) is 0 Å². The van der Waals surface area contributed by atoms with Crippen molar-refractivity contribution in [1.82, 2.24) is 0 Å². The van der Waals surface area contributed by atoms with E-state index >= 15 is 0 Å². The quantitative estimate of drug-likeness (QED) is 0.357. The maximum atomic E-state index is 14.2. The first kappa shape index (κ1) is 22.9. The van der Waals surface area contributed by atoms with Crippen molar-refractivity contribution in [2.45, 2.75) is 95.8 Å². The molecule has 164 valence electrons. The number of benzene rings is 2. The van der Waals surface area contributed by atoms with Gasteiger partial charge in [-0.15, -0.1) is 0 Å². The molecule has 1 saturated carbocycles. The van der Waals surface area contributed by atoms with Crippen molar-refractivity contribution >= 4 is 0 Å². The topological polar surface area (TPSA) is 0 Å². The first-order valence-electron chi connectivity index (χ1n) is 11.6. The highest BCUT2D eigenvalue weighted by Gasteiger charge is 2.33. The fraction of sp³-hybridized carbons (Fsp3) is 0.556. The van der Waals surface area contributed by atoms with Crippen LogP contribution in [-0.4, -0.2) is 0 Å². The zero-order valence-corrected chi connectivity index (χ0v) is 18.5. The molecule has 0 amide bonds. The standard InChI is InChI=1S/C27H35F3/c1-3-4-5-6-8-17-27(18-9-7-10-19-27)23-14-11-21(12-15-23)22-13-16-24(25(28)20-22)26(2,29)30/h11-16,20H,3-10,17-19H2,1-2H3. The Hall–Kier alpha value is -1.77. The summed E-state index contributed by atoms with van der Waals surface area (Å²) in [6.45, 7) is 2.98. The number of hydrogen-bond donors (Lipinski definition) is 0. The third kappa shape index (κ3) is 5.47. The zero-order valence-electron chi connectivity index (χ0n) is 18.5. The number of halogens is 3. The van der Waals surface area contributed by atoms with Crippen LogP contribution in [-0.2, 0) is 11.3 Å². The molecular formula is C27H35F3. The summed E-state index contributed by atoms with van der Waals surface area (Å²) in [4.78, 5) is 0. The van der Waals surface area contributed by atoms with Crippen molar-refractivity contribution in [3.8, 4) is 11.1 Å². The van der Waals surface area contributed by atoms with Crippen molar-refractivity contribution in [3.63, 3.8) is 0 Å². The summed E-state index contributed by atoms with van der Waals surface area (Å²) < 4.78 is 41.2. The van der Waals surface area contributed by atoms with Crippen molar-refractivity contribution in [1.29, 1.82) is 0 Å². The lowest BCUT2D eigenvalue weighted by molar-refractivity contribution is 0.0138. The summed E-state index contributed by atoms with van der Waals surface area (Å²) in [5.41, 5.74) is 2.62. The predicted octanol–water partition coefficient (Wildman–Crippen LogP) is 9.17. The van der Waals surface area contributed by atoms with Gasteiger partial charge in [0.25, 0.3) is 5.92 Å². The minimum atomic E-state index is -3.17. The highest BCUT2D eigenvalue weighted by Crippen LogP contribution is 2.44. The van der Waals surface area contributed by atoms with Crippen molar-refractivity contribution in [3.05, 3.63) is 59.4 Å². The normalized spacial score (nSPS) is 16.6. The molecule has 0 heterocycles. The molecule has 0 bridgehead atoms. The summed E-state index contributed by atoms with van der Waals surface area (Å²) in [6, 6.07) is 12.5. The van der Waals surface area contributed by atoms with E-state index in [1.165, 1.54) is 88.3 Å². The molecule has 0 spiro atoms. The van der Waals surface area contributed by atoms with E-state index in [-0.39, 0.29) is 5.41 Å². The Kier molecular flexibility index (Phi) is 7.65. The third-order valence-corrected chi connectivity index (χ3v) is 6.84. The number of hydrogen-bond acceptors (Lipinski definition) is 0. The third-order valence-electron chi connectivity index (χ3n) is 6.84. The molecule has 1 fully saturated rings. The molecule has 0 aromatic heterocycles. The molecule has 3 rings (SSSR count). The van der Waals surface area contributed by atoms with Gasteiger partial charge in [0.05, 0.1) is 5.56 Å². The molecule has 0 aliphatic heterocycles. The second kappa shape index (κ2) is 10.0. The van der Waals surface area contributed by atoms with Gasteiger partial charge in [-0.25, -0.2) is 13.2 Å². The number of unbranched alkanes of at least 4 members (excludes halogenated alkanes) is 4. The van der Waals surface area contributed by atoms with Gasteiger partial charge in [-0.3, -0.25) is 0 Å². The summed E-state index contributed by atoms with van der Waals surface area (Å²) in [5, 5.41) is 0. The van der Waals surface area contributed by atoms with Crippen LogP contribution in [0.5, 0.6) is 0 Å². The average Bonchev–Trinajstić information content (AvgIpc) is 2.73. The summed E-state index contributed by atoms with van der Waals surface area (Å²) in [5.74, 6) is -4.02. The van der Waals surface area contributed by atoms with Crippen LogP contribution in [0.3, 0.4) is 0 Å². The van der Waals surface area contributed by atoms with Crippen molar-refractivity contribution in [2.75, 3.05) is 0 Å². The van der Waals surface area contributed by atoms with Crippen molar-refractivity contribution in [2.24, 2.45) is 0 Å². The number of alkyl halides is 2. The zero-order chi connectivity index (χ0) is 21.6. The van der Waals surface area contributed by atoms with E-state index in [0.717, 1.165) is 12.5 Å². The Balaban J connectivity index is 1.77. The Bertz CT molecular complexity index is 796. The van der Waals surface area contributed by atoms with Gasteiger partial charge < -0.3 is 0 Å². The summed E-state index contributed by atoms with van der Waals surface area (Å²) in [6.07, 6.45) is 14.1. The van der Waals surface area contributed by atoms with Crippen molar-refractivity contribution < 1.29 is 13.2 Å². The Morgan fingerprint density at radius 2 is 1.47 bits per heavy atom. The van der Waals surface area contributed by atoms with Crippen LogP contribution in [0.15, 0.2) is 42.5 Å². The molecule has 0 atom stereocenters. The minimum Gasteiger partial charge on any atom is -0.206 e. The second-order valence-electron chi connectivity index (χ2n) is 9.17. The molecule has 1 aliphatic rings. The van der Waals surface area contributed by atoms with Crippen LogP contribution in [0, 0.1) is 5.82 Å². The number of rotatable bonds is 9. The average molecular weight is 417 g/mol. The fourth-order valence-corrected chi connectivity index (χ4v) is 5.05. The van der Waals surface area contributed by atoms with E-state index in [0.29, 0.717) is 5.56 Å². The Morgan fingerprint density at radius 1 is 0.833 bits per heavy atom. The maximum absolute atomic E-state index is 14.2. The largest absolute Gasteiger partial charge is 0.273 e. The lowest BCUT2D eigenvalue weighted by atomic mass is 9.66. The van der Waals surface area contributed by atoms with Gasteiger partial charge in [0.15, 0.2) is 0 Å². The molecule has 0 radical (unpaired) electrons. The van der Waals surface area contributed by atoms with Gasteiger partial charge in [-0.1, -0.05) is 88.6 Å². The SMILES string of the molecule is CCCCCCCC1(c2ccc(-c3ccc(C(C)(F)F)c(F)c3)cc2)CCCCC1. The van der Waals surface area contributed by atoms with Crippen LogP contribution in [0.2, 0.25) is 0 Å². The van der Waals surface area contributed by atoms with E-state index in [9.17, 15) is 13.2 Å². The minimum absolute atomic E-state index is 0.266. The van der Waals surface area contributed by atoms with E-state index in [2.05, 4.69) is 19.1 Å². The van der Waals surface area contributed by atoms with E-state index in [1.807, 2.05) is 12.1 Å². The van der Waals surface area contributed by atoms with Gasteiger partial charge in [0, 0.05) is 6.92 Å². The van der Waals surface area contributed by atoms with Gasteiger partial charge in [0.1, 0.15) is 5.82 Å². The second-order valence-corrected chi connectivity index (χ2v) is 9.17. The van der Waals surface area contributed by atoms with Gasteiger partial charge in [0.2, 0.25) is 0 Å². The first-order chi connectivity index (χ1) is 14.4. The molecule has 3 heteroatoms. The Morgan fingerprint density at radius 3 is 2.07 bits per heavy atom. The van der Waals surface area contributed by atoms with Crippen LogP contribution < -0.4 is 0 Å². The maximum Gasteiger partial charge on any atom is 0.273 e. The predicted molar refractivity (Wildman–Crippen MR) is 120 cm³/mol. The van der Waals surface area contributed by atoms with Gasteiger partial charge in [-0.05, 0) is 53.5 Å². The highest BCUT2D eigenvalue weighted by molar-refractivity contribution is 5.64. The molecule has 30 heavy (non-hydrogen) atoms. The Labute approximate surface area is 179 Å². The monoisotopic (exact) mass is 416 g/mol. The first-order valence-corrected chi connectivity index (χ1v) is 11.6. The summed E-state index contributed by atoms with van der Waals surface area (Å²) in [7, 11) is 0. The smallest absolute Gasteiger partial charge is 0.206 e. The fourth-order valence-electron chi connectivity index (χ4n) is 5.05. The van der Waals surface area contributed by atoms with E-state index < -0.39 is 17.3 Å². The molecule has 1 aliphatic carbocycles. The van der Waals surface area contributed by atoms with E-state index in [1.54, 1.807) is 6.07 Å². The van der Waals surface area contributed by atoms with Crippen LogP contribution in [0.1, 0.15) is 95.6 Å². The molecule has 0 saturated heterocycles. The van der Waals surface area contributed by atoms with Crippen LogP contribution in [0.25, 0.3) is 11.1 Å². The van der Waals surface area contributed by atoms with Gasteiger partial charge >= 0.3 is 0 Å². The lowest BCUT2D eigenvalue weighted by Crippen LogP contribution is -2.29. The molecule has 0 unspecified atom stereocenters. The summed E-state index contributed by atoms with van der Waals surface area (Å²) >= 11 is 0. The highest BCUT2D eigenvalue weighted by atomic mass is 19.3. The lowest BCUT2D eigenvalue weighted by Gasteiger charge is -2.38. The molecule has 0 N–H and O–H groups in total. The van der Waals surface area contributed by atoms with Crippen LogP contribution >= 0.6 is 0 Å². The van der Waals surface area contributed by atoms with Gasteiger partial charge in [-0.2, -0.15) is 0 Å². The molecule has 2 aromatic rings. The molecular weight excluding hydrogens is 381 g/mol.